The van der Waals surface area contributed by atoms with Gasteiger partial charge in [0.1, 0.15) is 3.57 Å². The van der Waals surface area contributed by atoms with Gasteiger partial charge in [0.2, 0.25) is 6.20 Å². The minimum atomic E-state index is 1.27. The van der Waals surface area contributed by atoms with Crippen molar-refractivity contribution in [1.82, 2.24) is 4.68 Å². The fourth-order valence-corrected chi connectivity index (χ4v) is 1.38. The summed E-state index contributed by atoms with van der Waals surface area (Å²) in [6, 6.07) is 0. The highest BCUT2D eigenvalue weighted by Gasteiger charge is 1.98. The summed E-state index contributed by atoms with van der Waals surface area (Å²) in [7, 11) is 4.03. The quantitative estimate of drug-likeness (QED) is 0.446. The molecule has 0 amide bonds. The van der Waals surface area contributed by atoms with Gasteiger partial charge < -0.3 is 0 Å². The lowest BCUT2D eigenvalue weighted by Gasteiger charge is -1.82. The van der Waals surface area contributed by atoms with E-state index in [2.05, 4.69) is 35.0 Å². The van der Waals surface area contributed by atoms with Crippen molar-refractivity contribution >= 4 is 22.6 Å². The number of hydrogen-bond donors (Lipinski definition) is 0. The van der Waals surface area contributed by atoms with Crippen LogP contribution in [-0.4, -0.2) is 4.68 Å². The average Bonchev–Trinajstić information content (AvgIpc) is 1.85. The third kappa shape index (κ3) is 1.02. The number of halogens is 1. The zero-order chi connectivity index (χ0) is 6.15. The molecule has 0 unspecified atom stereocenters. The molecule has 0 aliphatic carbocycles. The normalized spacial score (nSPS) is 9.88. The summed E-state index contributed by atoms with van der Waals surface area (Å²) in [4.78, 5) is 0. The fraction of sp³-hybridized carbons (Fsp3) is 0.400. The second-order valence-electron chi connectivity index (χ2n) is 1.79. The Kier molecular flexibility index (Phi) is 1.55. The molecule has 0 aliphatic rings. The van der Waals surface area contributed by atoms with E-state index in [0.29, 0.717) is 0 Å². The standard InChI is InChI=1S/C5H8IN2/c1-7-3-5(6)4-8(7)2/h3-4H,1-2H3/q+1. The van der Waals surface area contributed by atoms with E-state index in [1.54, 1.807) is 0 Å². The molecule has 44 valence electrons. The van der Waals surface area contributed by atoms with E-state index in [1.807, 2.05) is 23.5 Å². The topological polar surface area (TPSA) is 8.81 Å². The van der Waals surface area contributed by atoms with Crippen LogP contribution in [-0.2, 0) is 14.1 Å². The van der Waals surface area contributed by atoms with E-state index < -0.39 is 0 Å². The van der Waals surface area contributed by atoms with Crippen LogP contribution in [0.4, 0.5) is 0 Å². The van der Waals surface area contributed by atoms with Gasteiger partial charge >= 0.3 is 0 Å². The van der Waals surface area contributed by atoms with E-state index in [1.165, 1.54) is 3.57 Å². The molecule has 0 saturated heterocycles. The summed E-state index contributed by atoms with van der Waals surface area (Å²) in [5.41, 5.74) is 0. The van der Waals surface area contributed by atoms with Crippen LogP contribution in [0.5, 0.6) is 0 Å². The predicted octanol–water partition coefficient (Wildman–Crippen LogP) is 0.454. The molecule has 0 fully saturated rings. The minimum absolute atomic E-state index is 1.27. The number of aromatic nitrogens is 2. The van der Waals surface area contributed by atoms with Crippen molar-refractivity contribution in [2.24, 2.45) is 14.1 Å². The smallest absolute Gasteiger partial charge is 0.163 e. The Morgan fingerprint density at radius 1 is 1.75 bits per heavy atom. The fourth-order valence-electron chi connectivity index (χ4n) is 0.572. The second kappa shape index (κ2) is 2.05. The molecule has 1 heterocycles. The van der Waals surface area contributed by atoms with E-state index in [0.717, 1.165) is 0 Å². The van der Waals surface area contributed by atoms with Crippen molar-refractivity contribution < 1.29 is 4.68 Å². The summed E-state index contributed by atoms with van der Waals surface area (Å²) in [5, 5.41) is 0. The van der Waals surface area contributed by atoms with Crippen molar-refractivity contribution in [3.63, 3.8) is 0 Å². The Hall–Kier alpha value is -0.0600. The van der Waals surface area contributed by atoms with Crippen LogP contribution in [0.15, 0.2) is 12.4 Å². The van der Waals surface area contributed by atoms with Crippen LogP contribution in [0, 0.1) is 3.57 Å². The van der Waals surface area contributed by atoms with Gasteiger partial charge in [0, 0.05) is 0 Å². The molecule has 1 aromatic heterocycles. The molecule has 8 heavy (non-hydrogen) atoms. The Balaban J connectivity index is 3.14. The van der Waals surface area contributed by atoms with E-state index in [9.17, 15) is 0 Å². The number of nitrogens with zero attached hydrogens (tertiary/aromatic N) is 2. The van der Waals surface area contributed by atoms with Gasteiger partial charge in [-0.1, -0.05) is 0 Å². The number of aryl methyl sites for hydroxylation is 2. The molecule has 0 bridgehead atoms. The van der Waals surface area contributed by atoms with Gasteiger partial charge in [-0.3, -0.25) is 0 Å². The van der Waals surface area contributed by atoms with Crippen LogP contribution in [0.3, 0.4) is 0 Å². The molecule has 1 rings (SSSR count). The Morgan fingerprint density at radius 2 is 2.38 bits per heavy atom. The number of hydrogen-bond acceptors (Lipinski definition) is 0. The maximum Gasteiger partial charge on any atom is 0.208 e. The summed E-state index contributed by atoms with van der Waals surface area (Å²) in [6.45, 7) is 0. The lowest BCUT2D eigenvalue weighted by molar-refractivity contribution is -0.751. The summed E-state index contributed by atoms with van der Waals surface area (Å²) < 4.78 is 5.33. The molecular formula is C5H8IN2+. The highest BCUT2D eigenvalue weighted by Crippen LogP contribution is 1.96. The first kappa shape index (κ1) is 6.07. The van der Waals surface area contributed by atoms with Gasteiger partial charge in [-0.05, 0) is 22.6 Å². The van der Waals surface area contributed by atoms with Crippen molar-refractivity contribution in [2.75, 3.05) is 0 Å². The molecule has 0 saturated carbocycles. The molecule has 0 radical (unpaired) electrons. The highest BCUT2D eigenvalue weighted by molar-refractivity contribution is 14.1. The maximum atomic E-state index is 2.28. The molecule has 3 heteroatoms. The Labute approximate surface area is 62.2 Å². The largest absolute Gasteiger partial charge is 0.208 e. The Morgan fingerprint density at radius 3 is 2.50 bits per heavy atom. The lowest BCUT2D eigenvalue weighted by atomic mass is 10.7. The number of rotatable bonds is 0. The van der Waals surface area contributed by atoms with Gasteiger partial charge in [0.25, 0.3) is 0 Å². The van der Waals surface area contributed by atoms with Gasteiger partial charge in [-0.25, -0.2) is 0 Å². The summed E-state index contributed by atoms with van der Waals surface area (Å²) in [5.74, 6) is 0. The van der Waals surface area contributed by atoms with Gasteiger partial charge in [0.15, 0.2) is 7.05 Å². The van der Waals surface area contributed by atoms with Crippen LogP contribution < -0.4 is 4.68 Å². The first-order valence-corrected chi connectivity index (χ1v) is 3.46. The molecule has 1 aromatic rings. The van der Waals surface area contributed by atoms with E-state index in [-0.39, 0.29) is 0 Å². The van der Waals surface area contributed by atoms with Gasteiger partial charge in [-0.15, -0.1) is 4.68 Å². The molecule has 0 N–H and O–H groups in total. The lowest BCUT2D eigenvalue weighted by Crippen LogP contribution is -2.35. The van der Waals surface area contributed by atoms with Crippen LogP contribution in [0.1, 0.15) is 0 Å². The first-order chi connectivity index (χ1) is 3.70. The second-order valence-corrected chi connectivity index (χ2v) is 3.04. The van der Waals surface area contributed by atoms with Crippen molar-refractivity contribution in [3.05, 3.63) is 16.0 Å². The zero-order valence-corrected chi connectivity index (χ0v) is 7.08. The van der Waals surface area contributed by atoms with Crippen LogP contribution in [0.2, 0.25) is 0 Å². The SMILES string of the molecule is Cn1cc(I)c[n+]1C. The monoisotopic (exact) mass is 223 g/mol. The average molecular weight is 223 g/mol. The predicted molar refractivity (Wildman–Crippen MR) is 39.3 cm³/mol. The Bertz CT molecular complexity index is 173. The van der Waals surface area contributed by atoms with Gasteiger partial charge in [0.05, 0.1) is 13.2 Å². The third-order valence-corrected chi connectivity index (χ3v) is 1.68. The molecule has 0 aliphatic heterocycles. The highest BCUT2D eigenvalue weighted by atomic mass is 127. The maximum absolute atomic E-state index is 2.28. The third-order valence-electron chi connectivity index (χ3n) is 1.12. The van der Waals surface area contributed by atoms with E-state index in [4.69, 9.17) is 0 Å². The molecule has 0 atom stereocenters. The first-order valence-electron chi connectivity index (χ1n) is 2.38. The van der Waals surface area contributed by atoms with E-state index >= 15 is 0 Å². The molecule has 2 nitrogen and oxygen atoms in total. The van der Waals surface area contributed by atoms with Crippen molar-refractivity contribution in [3.8, 4) is 0 Å². The summed E-state index contributed by atoms with van der Waals surface area (Å²) in [6.07, 6.45) is 4.14. The van der Waals surface area contributed by atoms with Crippen LogP contribution in [0.25, 0.3) is 0 Å². The van der Waals surface area contributed by atoms with Crippen LogP contribution >= 0.6 is 22.6 Å². The van der Waals surface area contributed by atoms with Crippen molar-refractivity contribution in [2.45, 2.75) is 0 Å². The van der Waals surface area contributed by atoms with Crippen molar-refractivity contribution in [1.29, 1.82) is 0 Å². The summed E-state index contributed by atoms with van der Waals surface area (Å²) >= 11 is 2.28. The molecule has 0 spiro atoms. The zero-order valence-electron chi connectivity index (χ0n) is 4.93. The molecule has 0 aromatic carbocycles. The molecular weight excluding hydrogens is 215 g/mol. The minimum Gasteiger partial charge on any atom is -0.163 e. The van der Waals surface area contributed by atoms with Gasteiger partial charge in [-0.2, -0.15) is 4.68 Å².